The third-order valence-electron chi connectivity index (χ3n) is 6.31. The SMILES string of the molecule is OC(CC1CCCC(CC(O)(c2ccccc2)c2ccccc2)N1)c1ccccc1. The van der Waals surface area contributed by atoms with Crippen molar-refractivity contribution in [3.8, 4) is 0 Å². The lowest BCUT2D eigenvalue weighted by Gasteiger charge is -2.38. The van der Waals surface area contributed by atoms with Crippen molar-refractivity contribution >= 4 is 0 Å². The molecule has 3 aromatic carbocycles. The van der Waals surface area contributed by atoms with E-state index in [1.54, 1.807) is 0 Å². The van der Waals surface area contributed by atoms with Gasteiger partial charge in [-0.15, -0.1) is 0 Å². The lowest BCUT2D eigenvalue weighted by atomic mass is 9.79. The summed E-state index contributed by atoms with van der Waals surface area (Å²) < 4.78 is 0. The van der Waals surface area contributed by atoms with E-state index in [0.717, 1.165) is 36.0 Å². The minimum absolute atomic E-state index is 0.192. The van der Waals surface area contributed by atoms with E-state index in [-0.39, 0.29) is 12.1 Å². The third-order valence-corrected chi connectivity index (χ3v) is 6.31. The molecule has 1 heterocycles. The van der Waals surface area contributed by atoms with Crippen LogP contribution in [-0.2, 0) is 5.60 Å². The molecular formula is C27H31NO2. The molecule has 4 rings (SSSR count). The van der Waals surface area contributed by atoms with Gasteiger partial charge in [0, 0.05) is 12.1 Å². The summed E-state index contributed by atoms with van der Waals surface area (Å²) in [4.78, 5) is 0. The predicted molar refractivity (Wildman–Crippen MR) is 121 cm³/mol. The first-order valence-corrected chi connectivity index (χ1v) is 11.0. The number of piperidine rings is 1. The Morgan fingerprint density at radius 2 is 1.27 bits per heavy atom. The van der Waals surface area contributed by atoms with Crippen molar-refractivity contribution in [2.45, 2.75) is 55.9 Å². The molecule has 3 atom stereocenters. The molecule has 1 saturated heterocycles. The van der Waals surface area contributed by atoms with Crippen LogP contribution in [0.25, 0.3) is 0 Å². The minimum atomic E-state index is -1.04. The van der Waals surface area contributed by atoms with E-state index in [2.05, 4.69) is 5.32 Å². The highest BCUT2D eigenvalue weighted by molar-refractivity contribution is 5.36. The number of rotatable bonds is 7. The van der Waals surface area contributed by atoms with Crippen LogP contribution < -0.4 is 5.32 Å². The Kier molecular flexibility index (Phi) is 6.63. The second-order valence-electron chi connectivity index (χ2n) is 8.45. The first kappa shape index (κ1) is 20.8. The molecule has 1 aliphatic rings. The number of aliphatic hydroxyl groups is 2. The molecule has 0 amide bonds. The van der Waals surface area contributed by atoms with Crippen molar-refractivity contribution in [2.24, 2.45) is 0 Å². The predicted octanol–water partition coefficient (Wildman–Crippen LogP) is 4.95. The van der Waals surface area contributed by atoms with Gasteiger partial charge in [-0.1, -0.05) is 97.4 Å². The number of benzene rings is 3. The highest BCUT2D eigenvalue weighted by Crippen LogP contribution is 2.36. The van der Waals surface area contributed by atoms with Crippen molar-refractivity contribution in [2.75, 3.05) is 0 Å². The molecule has 156 valence electrons. The average molecular weight is 402 g/mol. The maximum Gasteiger partial charge on any atom is 0.116 e. The van der Waals surface area contributed by atoms with Gasteiger partial charge < -0.3 is 15.5 Å². The summed E-state index contributed by atoms with van der Waals surface area (Å²) in [7, 11) is 0. The van der Waals surface area contributed by atoms with Crippen molar-refractivity contribution in [3.63, 3.8) is 0 Å². The zero-order valence-electron chi connectivity index (χ0n) is 17.3. The number of hydrogen-bond donors (Lipinski definition) is 3. The molecule has 1 fully saturated rings. The molecule has 0 bridgehead atoms. The first-order chi connectivity index (χ1) is 14.6. The normalized spacial score (nSPS) is 20.6. The third kappa shape index (κ3) is 4.81. The average Bonchev–Trinajstić information content (AvgIpc) is 2.81. The Bertz CT molecular complexity index is 858. The van der Waals surface area contributed by atoms with Crippen molar-refractivity contribution in [1.82, 2.24) is 5.32 Å². The Balaban J connectivity index is 1.49. The van der Waals surface area contributed by atoms with E-state index in [1.807, 2.05) is 91.0 Å². The molecule has 0 aliphatic carbocycles. The molecule has 3 aromatic rings. The van der Waals surface area contributed by atoms with Crippen LogP contribution in [0, 0.1) is 0 Å². The largest absolute Gasteiger partial charge is 0.388 e. The summed E-state index contributed by atoms with van der Waals surface area (Å²) >= 11 is 0. The van der Waals surface area contributed by atoms with Crippen molar-refractivity contribution in [3.05, 3.63) is 108 Å². The monoisotopic (exact) mass is 401 g/mol. The summed E-state index contributed by atoms with van der Waals surface area (Å²) in [5, 5.41) is 26.3. The van der Waals surface area contributed by atoms with Crippen molar-refractivity contribution in [1.29, 1.82) is 0 Å². The molecule has 3 nitrogen and oxygen atoms in total. The van der Waals surface area contributed by atoms with Gasteiger partial charge in [-0.2, -0.15) is 0 Å². The fourth-order valence-corrected chi connectivity index (χ4v) is 4.73. The van der Waals surface area contributed by atoms with Gasteiger partial charge in [-0.25, -0.2) is 0 Å². The van der Waals surface area contributed by atoms with E-state index in [0.29, 0.717) is 12.8 Å². The Morgan fingerprint density at radius 1 is 0.767 bits per heavy atom. The van der Waals surface area contributed by atoms with Gasteiger partial charge in [-0.3, -0.25) is 0 Å². The maximum atomic E-state index is 11.9. The lowest BCUT2D eigenvalue weighted by Crippen LogP contribution is -2.47. The van der Waals surface area contributed by atoms with Gasteiger partial charge in [0.05, 0.1) is 6.10 Å². The number of nitrogens with one attached hydrogen (secondary N) is 1. The molecule has 3 unspecified atom stereocenters. The second-order valence-corrected chi connectivity index (χ2v) is 8.45. The summed E-state index contributed by atoms with van der Waals surface area (Å²) in [5.74, 6) is 0. The quantitative estimate of drug-likeness (QED) is 0.525. The molecular weight excluding hydrogens is 370 g/mol. The zero-order chi connectivity index (χ0) is 20.8. The molecule has 0 aromatic heterocycles. The van der Waals surface area contributed by atoms with Crippen LogP contribution in [0.3, 0.4) is 0 Å². The van der Waals surface area contributed by atoms with Crippen LogP contribution in [0.15, 0.2) is 91.0 Å². The van der Waals surface area contributed by atoms with Gasteiger partial charge in [-0.05, 0) is 42.4 Å². The highest BCUT2D eigenvalue weighted by Gasteiger charge is 2.36. The maximum absolute atomic E-state index is 11.9. The molecule has 0 spiro atoms. The van der Waals surface area contributed by atoms with Crippen LogP contribution >= 0.6 is 0 Å². The number of hydrogen-bond acceptors (Lipinski definition) is 3. The summed E-state index contributed by atoms with van der Waals surface area (Å²) in [5.41, 5.74) is 1.76. The van der Waals surface area contributed by atoms with Gasteiger partial charge in [0.2, 0.25) is 0 Å². The fourth-order valence-electron chi connectivity index (χ4n) is 4.73. The van der Waals surface area contributed by atoms with Crippen LogP contribution in [0.1, 0.15) is 54.9 Å². The molecule has 3 N–H and O–H groups in total. The van der Waals surface area contributed by atoms with E-state index >= 15 is 0 Å². The second kappa shape index (κ2) is 9.57. The highest BCUT2D eigenvalue weighted by atomic mass is 16.3. The number of aliphatic hydroxyl groups excluding tert-OH is 1. The molecule has 1 aliphatic heterocycles. The van der Waals surface area contributed by atoms with Crippen LogP contribution in [0.5, 0.6) is 0 Å². The van der Waals surface area contributed by atoms with Crippen LogP contribution in [0.4, 0.5) is 0 Å². The van der Waals surface area contributed by atoms with Gasteiger partial charge in [0.25, 0.3) is 0 Å². The van der Waals surface area contributed by atoms with Gasteiger partial charge in [0.1, 0.15) is 5.60 Å². The zero-order valence-corrected chi connectivity index (χ0v) is 17.3. The van der Waals surface area contributed by atoms with E-state index < -0.39 is 11.7 Å². The fraction of sp³-hybridized carbons (Fsp3) is 0.333. The van der Waals surface area contributed by atoms with Crippen LogP contribution in [-0.4, -0.2) is 22.3 Å². The standard InChI is InChI=1S/C27H31NO2/c29-26(21-11-4-1-5-12-21)19-24-17-10-18-25(28-24)20-27(30,22-13-6-2-7-14-22)23-15-8-3-9-16-23/h1-9,11-16,24-26,28-30H,10,17-20H2. The molecule has 30 heavy (non-hydrogen) atoms. The van der Waals surface area contributed by atoms with E-state index in [9.17, 15) is 10.2 Å². The molecule has 0 radical (unpaired) electrons. The summed E-state index contributed by atoms with van der Waals surface area (Å²) in [6.45, 7) is 0. The Hall–Kier alpha value is -2.46. The van der Waals surface area contributed by atoms with Gasteiger partial charge in [0.15, 0.2) is 0 Å². The summed E-state index contributed by atoms with van der Waals surface area (Å²) in [6, 6.07) is 30.2. The van der Waals surface area contributed by atoms with E-state index in [4.69, 9.17) is 0 Å². The molecule has 0 saturated carbocycles. The lowest BCUT2D eigenvalue weighted by molar-refractivity contribution is 0.0488. The first-order valence-electron chi connectivity index (χ1n) is 11.0. The minimum Gasteiger partial charge on any atom is -0.388 e. The molecule has 3 heteroatoms. The smallest absolute Gasteiger partial charge is 0.116 e. The van der Waals surface area contributed by atoms with Crippen molar-refractivity contribution < 1.29 is 10.2 Å². The van der Waals surface area contributed by atoms with Gasteiger partial charge >= 0.3 is 0 Å². The topological polar surface area (TPSA) is 52.5 Å². The Morgan fingerprint density at radius 3 is 1.83 bits per heavy atom. The van der Waals surface area contributed by atoms with Crippen LogP contribution in [0.2, 0.25) is 0 Å². The Labute approximate surface area is 179 Å². The van der Waals surface area contributed by atoms with E-state index in [1.165, 1.54) is 0 Å². The summed E-state index contributed by atoms with van der Waals surface area (Å²) in [6.07, 6.45) is 4.01.